The summed E-state index contributed by atoms with van der Waals surface area (Å²) in [5.41, 5.74) is 0.687. The van der Waals surface area contributed by atoms with Crippen LogP contribution in [0.4, 0.5) is 0 Å². The molecule has 1 aromatic carbocycles. The lowest BCUT2D eigenvalue weighted by Gasteiger charge is -2.23. The number of hydrogen-bond donors (Lipinski definition) is 0. The van der Waals surface area contributed by atoms with Crippen molar-refractivity contribution in [2.24, 2.45) is 0 Å². The molecule has 1 saturated carbocycles. The van der Waals surface area contributed by atoms with Gasteiger partial charge in [-0.05, 0) is 43.9 Å². The SMILES string of the molecule is N#Cc1ccc(OCC2CCC3(CCCC3)O2)c(Cl)c1. The zero-order chi connectivity index (χ0) is 14.0. The van der Waals surface area contributed by atoms with Gasteiger partial charge in [-0.3, -0.25) is 0 Å². The van der Waals surface area contributed by atoms with Crippen molar-refractivity contribution in [3.8, 4) is 11.8 Å². The molecule has 1 aromatic rings. The number of halogens is 1. The second-order valence-corrected chi connectivity index (χ2v) is 6.14. The number of rotatable bonds is 3. The molecule has 1 aliphatic carbocycles. The fraction of sp³-hybridized carbons (Fsp3) is 0.562. The quantitative estimate of drug-likeness (QED) is 0.842. The van der Waals surface area contributed by atoms with Crippen LogP contribution in [0.1, 0.15) is 44.1 Å². The molecule has 1 aliphatic heterocycles. The second kappa shape index (κ2) is 5.63. The van der Waals surface area contributed by atoms with Crippen LogP contribution >= 0.6 is 11.6 Å². The van der Waals surface area contributed by atoms with E-state index in [0.717, 1.165) is 12.8 Å². The average molecular weight is 292 g/mol. The number of nitrogens with zero attached hydrogens (tertiary/aromatic N) is 1. The van der Waals surface area contributed by atoms with Gasteiger partial charge in [-0.1, -0.05) is 24.4 Å². The summed E-state index contributed by atoms with van der Waals surface area (Å²) in [6, 6.07) is 7.16. The van der Waals surface area contributed by atoms with Gasteiger partial charge in [0.1, 0.15) is 12.4 Å². The Hall–Kier alpha value is -1.24. The minimum atomic E-state index is 0.141. The Balaban J connectivity index is 1.57. The van der Waals surface area contributed by atoms with Gasteiger partial charge >= 0.3 is 0 Å². The third-order valence-corrected chi connectivity index (χ3v) is 4.63. The first-order valence-electron chi connectivity index (χ1n) is 7.21. The van der Waals surface area contributed by atoms with E-state index in [1.54, 1.807) is 18.2 Å². The van der Waals surface area contributed by atoms with Gasteiger partial charge in [-0.2, -0.15) is 5.26 Å². The number of hydrogen-bond acceptors (Lipinski definition) is 3. The summed E-state index contributed by atoms with van der Waals surface area (Å²) in [7, 11) is 0. The fourth-order valence-corrected chi connectivity index (χ4v) is 3.51. The Kier molecular flexibility index (Phi) is 3.87. The summed E-state index contributed by atoms with van der Waals surface area (Å²) in [5.74, 6) is 0.627. The van der Waals surface area contributed by atoms with E-state index in [1.165, 1.54) is 25.7 Å². The van der Waals surface area contributed by atoms with Crippen molar-refractivity contribution in [1.82, 2.24) is 0 Å². The predicted octanol–water partition coefficient (Wildman–Crippen LogP) is 4.08. The van der Waals surface area contributed by atoms with Gasteiger partial charge in [0.15, 0.2) is 0 Å². The summed E-state index contributed by atoms with van der Waals surface area (Å²) in [4.78, 5) is 0. The van der Waals surface area contributed by atoms with Crippen LogP contribution < -0.4 is 4.74 Å². The van der Waals surface area contributed by atoms with Crippen molar-refractivity contribution < 1.29 is 9.47 Å². The van der Waals surface area contributed by atoms with Gasteiger partial charge in [0.25, 0.3) is 0 Å². The first-order valence-corrected chi connectivity index (χ1v) is 7.59. The maximum absolute atomic E-state index is 8.80. The van der Waals surface area contributed by atoms with Crippen molar-refractivity contribution in [1.29, 1.82) is 5.26 Å². The Bertz CT molecular complexity index is 532. The van der Waals surface area contributed by atoms with Crippen LogP contribution in [0.15, 0.2) is 18.2 Å². The van der Waals surface area contributed by atoms with Crippen molar-refractivity contribution >= 4 is 11.6 Å². The molecule has 4 heteroatoms. The lowest BCUT2D eigenvalue weighted by molar-refractivity contribution is -0.0508. The topological polar surface area (TPSA) is 42.2 Å². The normalized spacial score (nSPS) is 23.9. The van der Waals surface area contributed by atoms with Gasteiger partial charge < -0.3 is 9.47 Å². The van der Waals surface area contributed by atoms with Gasteiger partial charge in [0.05, 0.1) is 28.4 Å². The summed E-state index contributed by atoms with van der Waals surface area (Å²) in [6.45, 7) is 0.535. The summed E-state index contributed by atoms with van der Waals surface area (Å²) in [6.07, 6.45) is 7.35. The molecule has 1 atom stereocenters. The Labute approximate surface area is 124 Å². The number of benzene rings is 1. The van der Waals surface area contributed by atoms with Gasteiger partial charge in [0, 0.05) is 0 Å². The van der Waals surface area contributed by atoms with E-state index in [4.69, 9.17) is 26.3 Å². The van der Waals surface area contributed by atoms with Crippen molar-refractivity contribution in [3.63, 3.8) is 0 Å². The molecule has 3 nitrogen and oxygen atoms in total. The van der Waals surface area contributed by atoms with Crippen LogP contribution in [0.25, 0.3) is 0 Å². The highest BCUT2D eigenvalue weighted by molar-refractivity contribution is 6.32. The van der Waals surface area contributed by atoms with E-state index in [-0.39, 0.29) is 11.7 Å². The highest BCUT2D eigenvalue weighted by Gasteiger charge is 2.42. The standard InChI is InChI=1S/C16H18ClNO2/c17-14-9-12(10-18)3-4-15(14)19-11-13-5-8-16(20-13)6-1-2-7-16/h3-4,9,13H,1-2,5-8,11H2. The molecule has 106 valence electrons. The second-order valence-electron chi connectivity index (χ2n) is 5.74. The average Bonchev–Trinajstić information content (AvgIpc) is 3.08. The Morgan fingerprint density at radius 2 is 2.15 bits per heavy atom. The zero-order valence-corrected chi connectivity index (χ0v) is 12.2. The fourth-order valence-electron chi connectivity index (χ4n) is 3.27. The highest BCUT2D eigenvalue weighted by Crippen LogP contribution is 2.43. The molecule has 1 spiro atoms. The molecule has 0 radical (unpaired) electrons. The van der Waals surface area contributed by atoms with Gasteiger partial charge in [-0.15, -0.1) is 0 Å². The summed E-state index contributed by atoms with van der Waals surface area (Å²) < 4.78 is 12.0. The first kappa shape index (κ1) is 13.7. The van der Waals surface area contributed by atoms with Crippen LogP contribution in [0.2, 0.25) is 5.02 Å². The van der Waals surface area contributed by atoms with Crippen LogP contribution in [-0.2, 0) is 4.74 Å². The molecule has 1 heterocycles. The van der Waals surface area contributed by atoms with E-state index in [0.29, 0.717) is 22.9 Å². The molecule has 2 aliphatic rings. The Morgan fingerprint density at radius 1 is 1.35 bits per heavy atom. The molecular weight excluding hydrogens is 274 g/mol. The summed E-state index contributed by atoms with van der Waals surface area (Å²) >= 11 is 6.10. The largest absolute Gasteiger partial charge is 0.489 e. The van der Waals surface area contributed by atoms with Crippen molar-refractivity contribution in [3.05, 3.63) is 28.8 Å². The van der Waals surface area contributed by atoms with Gasteiger partial charge in [0.2, 0.25) is 0 Å². The van der Waals surface area contributed by atoms with E-state index < -0.39 is 0 Å². The van der Waals surface area contributed by atoms with E-state index in [1.807, 2.05) is 0 Å². The predicted molar refractivity (Wildman–Crippen MR) is 77.0 cm³/mol. The molecule has 2 fully saturated rings. The molecule has 0 N–H and O–H groups in total. The smallest absolute Gasteiger partial charge is 0.138 e. The van der Waals surface area contributed by atoms with Crippen LogP contribution in [-0.4, -0.2) is 18.3 Å². The van der Waals surface area contributed by atoms with Gasteiger partial charge in [-0.25, -0.2) is 0 Å². The third kappa shape index (κ3) is 2.77. The number of nitriles is 1. The third-order valence-electron chi connectivity index (χ3n) is 4.34. The van der Waals surface area contributed by atoms with Crippen LogP contribution in [0, 0.1) is 11.3 Å². The molecule has 20 heavy (non-hydrogen) atoms. The van der Waals surface area contributed by atoms with Crippen molar-refractivity contribution in [2.75, 3.05) is 6.61 Å². The molecule has 0 aromatic heterocycles. The van der Waals surface area contributed by atoms with E-state index >= 15 is 0 Å². The molecule has 0 amide bonds. The molecule has 1 unspecified atom stereocenters. The zero-order valence-electron chi connectivity index (χ0n) is 11.4. The van der Waals surface area contributed by atoms with Crippen LogP contribution in [0.5, 0.6) is 5.75 Å². The van der Waals surface area contributed by atoms with Crippen LogP contribution in [0.3, 0.4) is 0 Å². The highest BCUT2D eigenvalue weighted by atomic mass is 35.5. The maximum Gasteiger partial charge on any atom is 0.138 e. The first-order chi connectivity index (χ1) is 9.71. The minimum Gasteiger partial charge on any atom is -0.489 e. The van der Waals surface area contributed by atoms with E-state index in [2.05, 4.69) is 6.07 Å². The van der Waals surface area contributed by atoms with Crippen molar-refractivity contribution in [2.45, 2.75) is 50.2 Å². The monoisotopic (exact) mass is 291 g/mol. The summed E-state index contributed by atoms with van der Waals surface area (Å²) in [5, 5.41) is 9.29. The minimum absolute atomic E-state index is 0.141. The lowest BCUT2D eigenvalue weighted by atomic mass is 9.98. The molecular formula is C16H18ClNO2. The van der Waals surface area contributed by atoms with E-state index in [9.17, 15) is 0 Å². The number of ether oxygens (including phenoxy) is 2. The molecule has 3 rings (SSSR count). The molecule has 1 saturated heterocycles. The Morgan fingerprint density at radius 3 is 2.85 bits per heavy atom. The maximum atomic E-state index is 8.80. The lowest BCUT2D eigenvalue weighted by Crippen LogP contribution is -2.27. The molecule has 0 bridgehead atoms.